The van der Waals surface area contributed by atoms with Gasteiger partial charge in [-0.25, -0.2) is 0 Å². The Morgan fingerprint density at radius 1 is 1.40 bits per heavy atom. The van der Waals surface area contributed by atoms with Gasteiger partial charge in [-0.3, -0.25) is 0 Å². The summed E-state index contributed by atoms with van der Waals surface area (Å²) in [5, 5.41) is 2.84. The third-order valence-corrected chi connectivity index (χ3v) is 4.87. The Morgan fingerprint density at radius 3 is 2.55 bits per heavy atom. The molecule has 20 heavy (non-hydrogen) atoms. The molecule has 0 saturated heterocycles. The van der Waals surface area contributed by atoms with Gasteiger partial charge in [-0.05, 0) is 0 Å². The van der Waals surface area contributed by atoms with Gasteiger partial charge in [0.05, 0.1) is 0 Å². The SMILES string of the molecule is CC(C)CCc1ccc([As](=O)(O)O)cc1NCC(N)=O. The molecule has 0 aliphatic rings. The third-order valence-electron chi connectivity index (χ3n) is 2.87. The van der Waals surface area contributed by atoms with Crippen LogP contribution >= 0.6 is 0 Å². The summed E-state index contributed by atoms with van der Waals surface area (Å²) in [5.41, 5.74) is 6.57. The summed E-state index contributed by atoms with van der Waals surface area (Å²) in [5.74, 6) is -0.00343. The Kier molecular flexibility index (Phi) is 5.86. The number of rotatable bonds is 7. The second-order valence-corrected chi connectivity index (χ2v) is 8.50. The standard InChI is InChI=1S/C13H21AsN2O4/c1-9(2)3-4-10-5-6-11(14(18,19)20)7-12(10)16-8-13(15)17/h5-7,9,16H,3-4,8H2,1-2H3,(H2,15,17)(H2,18,19,20). The van der Waals surface area contributed by atoms with Crippen molar-refractivity contribution in [2.45, 2.75) is 26.7 Å². The van der Waals surface area contributed by atoms with Crippen LogP contribution in [0.5, 0.6) is 0 Å². The average Bonchev–Trinajstić information content (AvgIpc) is 2.32. The number of primary amides is 1. The van der Waals surface area contributed by atoms with E-state index in [0.717, 1.165) is 18.4 Å². The van der Waals surface area contributed by atoms with Crippen molar-refractivity contribution in [3.8, 4) is 0 Å². The van der Waals surface area contributed by atoms with Crippen LogP contribution in [0, 0.1) is 5.92 Å². The van der Waals surface area contributed by atoms with Crippen molar-refractivity contribution in [3.05, 3.63) is 23.8 Å². The first kappa shape index (κ1) is 16.8. The zero-order valence-corrected chi connectivity index (χ0v) is 13.5. The van der Waals surface area contributed by atoms with Crippen molar-refractivity contribution >= 4 is 30.1 Å². The molecule has 0 aromatic heterocycles. The van der Waals surface area contributed by atoms with Crippen LogP contribution in [0.2, 0.25) is 0 Å². The second-order valence-electron chi connectivity index (χ2n) is 5.14. The van der Waals surface area contributed by atoms with E-state index in [1.165, 1.54) is 12.1 Å². The molecular weight excluding hydrogens is 323 g/mol. The van der Waals surface area contributed by atoms with Crippen LogP contribution in [-0.2, 0) is 15.0 Å². The zero-order chi connectivity index (χ0) is 15.3. The second kappa shape index (κ2) is 6.97. The predicted molar refractivity (Wildman–Crippen MR) is 77.8 cm³/mol. The van der Waals surface area contributed by atoms with Crippen LogP contribution in [0.1, 0.15) is 25.8 Å². The monoisotopic (exact) mass is 344 g/mol. The number of anilines is 1. The molecule has 0 aliphatic heterocycles. The summed E-state index contributed by atoms with van der Waals surface area (Å²) in [7, 11) is 0. The number of nitrogens with two attached hydrogens (primary N) is 1. The molecule has 0 fully saturated rings. The van der Waals surface area contributed by atoms with Gasteiger partial charge >= 0.3 is 121 Å². The molecule has 112 valence electrons. The summed E-state index contributed by atoms with van der Waals surface area (Å²) in [6, 6.07) is 4.56. The first-order chi connectivity index (χ1) is 9.20. The van der Waals surface area contributed by atoms with Crippen LogP contribution < -0.4 is 15.4 Å². The Morgan fingerprint density at radius 2 is 2.05 bits per heavy atom. The quantitative estimate of drug-likeness (QED) is 0.509. The Balaban J connectivity index is 3.02. The van der Waals surface area contributed by atoms with Gasteiger partial charge < -0.3 is 0 Å². The van der Waals surface area contributed by atoms with E-state index >= 15 is 0 Å². The van der Waals surface area contributed by atoms with Crippen molar-refractivity contribution < 1.29 is 16.7 Å². The summed E-state index contributed by atoms with van der Waals surface area (Å²) < 4.78 is 29.8. The first-order valence-electron chi connectivity index (χ1n) is 6.41. The van der Waals surface area contributed by atoms with Crippen LogP contribution in [0.25, 0.3) is 0 Å². The molecule has 7 heteroatoms. The molecule has 0 heterocycles. The number of hydrogen-bond acceptors (Lipinski definition) is 3. The molecule has 0 bridgehead atoms. The van der Waals surface area contributed by atoms with Gasteiger partial charge in [-0.15, -0.1) is 0 Å². The maximum atomic E-state index is 11.3. The van der Waals surface area contributed by atoms with Gasteiger partial charge in [0.25, 0.3) is 0 Å². The van der Waals surface area contributed by atoms with Crippen molar-refractivity contribution in [1.29, 1.82) is 0 Å². The van der Waals surface area contributed by atoms with Crippen LogP contribution in [0.4, 0.5) is 5.69 Å². The molecule has 1 aromatic carbocycles. The molecule has 0 unspecified atom stereocenters. The van der Waals surface area contributed by atoms with Crippen LogP contribution in [0.15, 0.2) is 18.2 Å². The van der Waals surface area contributed by atoms with Crippen molar-refractivity contribution in [3.63, 3.8) is 0 Å². The summed E-state index contributed by atoms with van der Waals surface area (Å²) >= 11 is -4.94. The summed E-state index contributed by atoms with van der Waals surface area (Å²) in [6.45, 7) is 4.14. The van der Waals surface area contributed by atoms with E-state index < -0.39 is 20.1 Å². The first-order valence-corrected chi connectivity index (χ1v) is 9.79. The number of aryl methyl sites for hydroxylation is 1. The fraction of sp³-hybridized carbons (Fsp3) is 0.462. The summed E-state index contributed by atoms with van der Waals surface area (Å²) in [4.78, 5) is 10.8. The molecule has 0 spiro atoms. The number of hydrogen-bond donors (Lipinski definition) is 4. The van der Waals surface area contributed by atoms with Crippen molar-refractivity contribution in [1.82, 2.24) is 0 Å². The van der Waals surface area contributed by atoms with E-state index in [9.17, 15) is 16.7 Å². The molecular formula is C13H21AsN2O4. The molecule has 1 rings (SSSR count). The Labute approximate surface area is 121 Å². The molecule has 0 radical (unpaired) electrons. The van der Waals surface area contributed by atoms with Gasteiger partial charge in [0, 0.05) is 0 Å². The topological polar surface area (TPSA) is 113 Å². The van der Waals surface area contributed by atoms with E-state index in [1.807, 2.05) is 0 Å². The number of nitrogens with one attached hydrogen (secondary N) is 1. The molecule has 0 saturated carbocycles. The minimum absolute atomic E-state index is 0.0107. The fourth-order valence-corrected chi connectivity index (χ4v) is 2.94. The van der Waals surface area contributed by atoms with E-state index in [-0.39, 0.29) is 10.9 Å². The van der Waals surface area contributed by atoms with E-state index in [1.54, 1.807) is 6.07 Å². The van der Waals surface area contributed by atoms with Crippen LogP contribution in [0.3, 0.4) is 0 Å². The number of amides is 1. The normalized spacial score (nSPS) is 11.7. The van der Waals surface area contributed by atoms with E-state index in [4.69, 9.17) is 5.73 Å². The Hall–Kier alpha value is -1.23. The Bertz CT molecular complexity index is 525. The molecule has 0 atom stereocenters. The van der Waals surface area contributed by atoms with Gasteiger partial charge in [0.15, 0.2) is 0 Å². The number of carbonyl (C=O) groups excluding carboxylic acids is 1. The number of carbonyl (C=O) groups is 1. The van der Waals surface area contributed by atoms with Gasteiger partial charge in [0.2, 0.25) is 0 Å². The average molecular weight is 344 g/mol. The third kappa shape index (κ3) is 5.41. The number of benzene rings is 1. The molecule has 6 nitrogen and oxygen atoms in total. The molecule has 0 aliphatic carbocycles. The van der Waals surface area contributed by atoms with E-state index in [2.05, 4.69) is 19.2 Å². The molecule has 5 N–H and O–H groups in total. The summed E-state index contributed by atoms with van der Waals surface area (Å²) in [6.07, 6.45) is 1.72. The van der Waals surface area contributed by atoms with Gasteiger partial charge in [-0.1, -0.05) is 0 Å². The fourth-order valence-electron chi connectivity index (χ4n) is 1.75. The molecule has 1 aromatic rings. The van der Waals surface area contributed by atoms with E-state index in [0.29, 0.717) is 11.6 Å². The van der Waals surface area contributed by atoms with Crippen LogP contribution in [-0.4, -0.2) is 34.8 Å². The van der Waals surface area contributed by atoms with Gasteiger partial charge in [0.1, 0.15) is 0 Å². The van der Waals surface area contributed by atoms with Crippen molar-refractivity contribution in [2.75, 3.05) is 11.9 Å². The zero-order valence-electron chi connectivity index (χ0n) is 11.7. The maximum absolute atomic E-state index is 11.3. The van der Waals surface area contributed by atoms with Gasteiger partial charge in [-0.2, -0.15) is 0 Å². The van der Waals surface area contributed by atoms with Crippen molar-refractivity contribution in [2.24, 2.45) is 11.7 Å². The minimum atomic E-state index is -4.94. The molecule has 1 amide bonds. The predicted octanol–water partition coefficient (Wildman–Crippen LogP) is -0.267.